The SMILES string of the molecule is Cc1noc(C)c1COc1cc2ccccc2cc1C(=O)NCCCOC1CCCCC1. The number of rotatable bonds is 9. The average Bonchev–Trinajstić information content (AvgIpc) is 3.14. The molecule has 0 radical (unpaired) electrons. The molecule has 1 aliphatic rings. The largest absolute Gasteiger partial charge is 0.488 e. The van der Waals surface area contributed by atoms with Crippen molar-refractivity contribution in [3.05, 3.63) is 59.0 Å². The molecule has 32 heavy (non-hydrogen) atoms. The van der Waals surface area contributed by atoms with Crippen LogP contribution in [0.2, 0.25) is 0 Å². The van der Waals surface area contributed by atoms with Crippen LogP contribution in [-0.2, 0) is 11.3 Å². The van der Waals surface area contributed by atoms with Gasteiger partial charge in [-0.25, -0.2) is 0 Å². The highest BCUT2D eigenvalue weighted by atomic mass is 16.5. The minimum atomic E-state index is -0.137. The second kappa shape index (κ2) is 10.6. The van der Waals surface area contributed by atoms with E-state index in [9.17, 15) is 4.79 Å². The van der Waals surface area contributed by atoms with E-state index in [-0.39, 0.29) is 5.91 Å². The Labute approximate surface area is 189 Å². The predicted molar refractivity (Wildman–Crippen MR) is 124 cm³/mol. The van der Waals surface area contributed by atoms with Gasteiger partial charge in [-0.2, -0.15) is 0 Å². The first-order chi connectivity index (χ1) is 15.6. The number of fused-ring (bicyclic) bond motifs is 1. The van der Waals surface area contributed by atoms with Gasteiger partial charge in [-0.05, 0) is 56.0 Å². The Morgan fingerprint density at radius 2 is 1.88 bits per heavy atom. The third-order valence-electron chi connectivity index (χ3n) is 6.16. The lowest BCUT2D eigenvalue weighted by atomic mass is 9.98. The number of carbonyl (C=O) groups excluding carboxylic acids is 1. The van der Waals surface area contributed by atoms with Gasteiger partial charge < -0.3 is 19.3 Å². The summed E-state index contributed by atoms with van der Waals surface area (Å²) in [5.41, 5.74) is 2.24. The molecule has 1 aliphatic carbocycles. The lowest BCUT2D eigenvalue weighted by Gasteiger charge is -2.22. The quantitative estimate of drug-likeness (QED) is 0.449. The summed E-state index contributed by atoms with van der Waals surface area (Å²) in [6.07, 6.45) is 7.36. The van der Waals surface area contributed by atoms with Crippen molar-refractivity contribution in [2.45, 2.75) is 65.1 Å². The second-order valence-corrected chi connectivity index (χ2v) is 8.53. The number of aryl methyl sites for hydroxylation is 2. The van der Waals surface area contributed by atoms with Crippen LogP contribution in [0.3, 0.4) is 0 Å². The van der Waals surface area contributed by atoms with E-state index in [1.807, 2.05) is 50.2 Å². The summed E-state index contributed by atoms with van der Waals surface area (Å²) in [4.78, 5) is 13.0. The van der Waals surface area contributed by atoms with Gasteiger partial charge >= 0.3 is 0 Å². The van der Waals surface area contributed by atoms with Gasteiger partial charge in [0.2, 0.25) is 0 Å². The van der Waals surface area contributed by atoms with E-state index in [1.165, 1.54) is 19.3 Å². The molecule has 1 amide bonds. The van der Waals surface area contributed by atoms with Crippen LogP contribution in [0.25, 0.3) is 10.8 Å². The Morgan fingerprint density at radius 3 is 2.59 bits per heavy atom. The van der Waals surface area contributed by atoms with Crippen molar-refractivity contribution < 1.29 is 18.8 Å². The highest BCUT2D eigenvalue weighted by Gasteiger charge is 2.17. The topological polar surface area (TPSA) is 73.6 Å². The highest BCUT2D eigenvalue weighted by Crippen LogP contribution is 2.28. The number of hydrogen-bond acceptors (Lipinski definition) is 5. The number of benzene rings is 2. The summed E-state index contributed by atoms with van der Waals surface area (Å²) in [5, 5.41) is 9.04. The number of aromatic nitrogens is 1. The summed E-state index contributed by atoms with van der Waals surface area (Å²) in [7, 11) is 0. The van der Waals surface area contributed by atoms with Gasteiger partial charge in [-0.1, -0.05) is 48.7 Å². The Balaban J connectivity index is 1.40. The zero-order valence-electron chi connectivity index (χ0n) is 19.0. The summed E-state index contributed by atoms with van der Waals surface area (Å²) in [5.74, 6) is 1.15. The number of ether oxygens (including phenoxy) is 2. The van der Waals surface area contributed by atoms with Crippen molar-refractivity contribution in [2.24, 2.45) is 0 Å². The number of amides is 1. The highest BCUT2D eigenvalue weighted by molar-refractivity contribution is 6.01. The third-order valence-corrected chi connectivity index (χ3v) is 6.16. The van der Waals surface area contributed by atoms with Gasteiger partial charge in [0.25, 0.3) is 5.91 Å². The van der Waals surface area contributed by atoms with Gasteiger partial charge in [-0.15, -0.1) is 0 Å². The standard InChI is InChI=1S/C26H32N2O4/c1-18-24(19(2)32-28-18)17-31-25-16-21-10-7-6-9-20(21)15-23(25)26(29)27-13-8-14-30-22-11-4-3-5-12-22/h6-7,9-10,15-16,22H,3-5,8,11-14,17H2,1-2H3,(H,27,29). The zero-order valence-corrected chi connectivity index (χ0v) is 19.0. The first-order valence-corrected chi connectivity index (χ1v) is 11.6. The molecule has 6 heteroatoms. The molecule has 6 nitrogen and oxygen atoms in total. The van der Waals surface area contributed by atoms with E-state index in [2.05, 4.69) is 10.5 Å². The van der Waals surface area contributed by atoms with Crippen LogP contribution >= 0.6 is 0 Å². The molecule has 1 N–H and O–H groups in total. The second-order valence-electron chi connectivity index (χ2n) is 8.53. The van der Waals surface area contributed by atoms with Crippen molar-refractivity contribution in [2.75, 3.05) is 13.2 Å². The first kappa shape index (κ1) is 22.3. The summed E-state index contributed by atoms with van der Waals surface area (Å²) in [6.45, 7) is 5.30. The fourth-order valence-corrected chi connectivity index (χ4v) is 4.23. The normalized spacial score (nSPS) is 14.6. The van der Waals surface area contributed by atoms with Gasteiger partial charge in [0.15, 0.2) is 0 Å². The summed E-state index contributed by atoms with van der Waals surface area (Å²) < 4.78 is 17.3. The molecule has 1 heterocycles. The van der Waals surface area contributed by atoms with Gasteiger partial charge in [0, 0.05) is 13.2 Å². The Hall–Kier alpha value is -2.86. The molecule has 0 atom stereocenters. The van der Waals surface area contributed by atoms with E-state index < -0.39 is 0 Å². The molecule has 0 unspecified atom stereocenters. The van der Waals surface area contributed by atoms with Crippen molar-refractivity contribution in [3.8, 4) is 5.75 Å². The van der Waals surface area contributed by atoms with E-state index in [0.29, 0.717) is 37.2 Å². The molecule has 170 valence electrons. The number of carbonyl (C=O) groups is 1. The monoisotopic (exact) mass is 436 g/mol. The van der Waals surface area contributed by atoms with Crippen LogP contribution in [0.15, 0.2) is 40.9 Å². The van der Waals surface area contributed by atoms with E-state index in [4.69, 9.17) is 14.0 Å². The molecule has 1 fully saturated rings. The van der Waals surface area contributed by atoms with Crippen LogP contribution in [-0.4, -0.2) is 30.3 Å². The van der Waals surface area contributed by atoms with Crippen LogP contribution in [0.4, 0.5) is 0 Å². The molecule has 4 rings (SSSR count). The van der Waals surface area contributed by atoms with Gasteiger partial charge in [-0.3, -0.25) is 4.79 Å². The smallest absolute Gasteiger partial charge is 0.255 e. The van der Waals surface area contributed by atoms with Crippen LogP contribution in [0.1, 0.15) is 65.9 Å². The average molecular weight is 437 g/mol. The van der Waals surface area contributed by atoms with Gasteiger partial charge in [0.1, 0.15) is 18.1 Å². The molecule has 1 aromatic heterocycles. The van der Waals surface area contributed by atoms with Crippen molar-refractivity contribution >= 4 is 16.7 Å². The maximum Gasteiger partial charge on any atom is 0.255 e. The molecule has 2 aromatic carbocycles. The summed E-state index contributed by atoms with van der Waals surface area (Å²) in [6, 6.07) is 11.8. The third kappa shape index (κ3) is 5.49. The maximum atomic E-state index is 13.0. The molecule has 0 spiro atoms. The van der Waals surface area contributed by atoms with Crippen LogP contribution in [0, 0.1) is 13.8 Å². The number of nitrogens with zero attached hydrogens (tertiary/aromatic N) is 1. The van der Waals surface area contributed by atoms with Gasteiger partial charge in [0.05, 0.1) is 22.9 Å². The van der Waals surface area contributed by atoms with Crippen LogP contribution < -0.4 is 10.1 Å². The fraction of sp³-hybridized carbons (Fsp3) is 0.462. The lowest BCUT2D eigenvalue weighted by Crippen LogP contribution is -2.26. The molecule has 0 bridgehead atoms. The Morgan fingerprint density at radius 1 is 1.12 bits per heavy atom. The number of nitrogens with one attached hydrogen (secondary N) is 1. The Kier molecular flexibility index (Phi) is 7.43. The van der Waals surface area contributed by atoms with E-state index >= 15 is 0 Å². The molecule has 1 saturated carbocycles. The van der Waals surface area contributed by atoms with E-state index in [0.717, 1.165) is 47.1 Å². The predicted octanol–water partition coefficient (Wildman–Crippen LogP) is 5.49. The minimum Gasteiger partial charge on any atom is -0.488 e. The molecular formula is C26H32N2O4. The number of hydrogen-bond donors (Lipinski definition) is 1. The summed E-state index contributed by atoms with van der Waals surface area (Å²) >= 11 is 0. The molecule has 3 aromatic rings. The fourth-order valence-electron chi connectivity index (χ4n) is 4.23. The van der Waals surface area contributed by atoms with E-state index in [1.54, 1.807) is 0 Å². The van der Waals surface area contributed by atoms with Crippen molar-refractivity contribution in [1.29, 1.82) is 0 Å². The van der Waals surface area contributed by atoms with Crippen LogP contribution in [0.5, 0.6) is 5.75 Å². The molecule has 0 saturated heterocycles. The minimum absolute atomic E-state index is 0.137. The molecule has 0 aliphatic heterocycles. The van der Waals surface area contributed by atoms with Crippen molar-refractivity contribution in [3.63, 3.8) is 0 Å². The van der Waals surface area contributed by atoms with Crippen molar-refractivity contribution in [1.82, 2.24) is 10.5 Å². The Bertz CT molecular complexity index is 1030. The lowest BCUT2D eigenvalue weighted by molar-refractivity contribution is 0.0273. The first-order valence-electron chi connectivity index (χ1n) is 11.6. The zero-order chi connectivity index (χ0) is 22.3. The molecular weight excluding hydrogens is 404 g/mol. The maximum absolute atomic E-state index is 13.0.